The zero-order chi connectivity index (χ0) is 22.8. The van der Waals surface area contributed by atoms with E-state index in [1.54, 1.807) is 48.5 Å². The van der Waals surface area contributed by atoms with Crippen LogP contribution in [0.1, 0.15) is 20.7 Å². The zero-order valence-corrected chi connectivity index (χ0v) is 17.3. The maximum atomic E-state index is 12.7. The minimum atomic E-state index is -0.721. The van der Waals surface area contributed by atoms with Gasteiger partial charge in [0.1, 0.15) is 5.70 Å². The van der Waals surface area contributed by atoms with E-state index in [0.717, 1.165) is 0 Å². The van der Waals surface area contributed by atoms with Gasteiger partial charge in [-0.3, -0.25) is 0 Å². The molecule has 0 saturated carbocycles. The number of ether oxygens (including phenoxy) is 3. The van der Waals surface area contributed by atoms with E-state index in [2.05, 4.69) is 5.92 Å². The molecular formula is C24H21NO6. The van der Waals surface area contributed by atoms with Crippen molar-refractivity contribution < 1.29 is 28.6 Å². The minimum Gasteiger partial charge on any atom is -0.465 e. The lowest BCUT2D eigenvalue weighted by molar-refractivity contribution is -0.136. The summed E-state index contributed by atoms with van der Waals surface area (Å²) >= 11 is 0. The molecule has 31 heavy (non-hydrogen) atoms. The normalized spacial score (nSPS) is 10.8. The van der Waals surface area contributed by atoms with E-state index in [-0.39, 0.29) is 28.2 Å². The number of carbonyl (C=O) groups is 3. The number of terminal acetylenes is 1. The quantitative estimate of drug-likeness (QED) is 0.223. The number of para-hydroxylation sites is 2. The van der Waals surface area contributed by atoms with Crippen LogP contribution in [0.15, 0.2) is 72.5 Å². The van der Waals surface area contributed by atoms with Crippen LogP contribution >= 0.6 is 0 Å². The molecule has 0 aliphatic rings. The van der Waals surface area contributed by atoms with E-state index < -0.39 is 17.9 Å². The highest BCUT2D eigenvalue weighted by Gasteiger charge is 2.28. The van der Waals surface area contributed by atoms with Crippen LogP contribution in [0.25, 0.3) is 0 Å². The molecule has 2 aromatic carbocycles. The zero-order valence-electron chi connectivity index (χ0n) is 17.3. The molecule has 0 aliphatic carbocycles. The molecule has 0 saturated heterocycles. The molecular weight excluding hydrogens is 398 g/mol. The van der Waals surface area contributed by atoms with Crippen LogP contribution in [0.2, 0.25) is 0 Å². The Morgan fingerprint density at radius 3 is 1.74 bits per heavy atom. The lowest BCUT2D eigenvalue weighted by Crippen LogP contribution is -2.27. The average molecular weight is 419 g/mol. The summed E-state index contributed by atoms with van der Waals surface area (Å²) in [6, 6.07) is 13.0. The Kier molecular flexibility index (Phi) is 8.17. The maximum absolute atomic E-state index is 12.7. The number of carbonyl (C=O) groups excluding carboxylic acids is 3. The molecule has 0 bridgehead atoms. The Morgan fingerprint density at radius 2 is 1.32 bits per heavy atom. The number of hydrogen-bond donors (Lipinski definition) is 0. The summed E-state index contributed by atoms with van der Waals surface area (Å²) in [7, 11) is 3.72. The van der Waals surface area contributed by atoms with E-state index in [9.17, 15) is 14.4 Å². The van der Waals surface area contributed by atoms with E-state index in [1.165, 1.54) is 44.5 Å². The molecule has 7 nitrogen and oxygen atoms in total. The predicted octanol–water partition coefficient (Wildman–Crippen LogP) is 3.64. The first-order chi connectivity index (χ1) is 15.0. The van der Waals surface area contributed by atoms with Gasteiger partial charge in [-0.1, -0.05) is 36.3 Å². The van der Waals surface area contributed by atoms with Gasteiger partial charge in [-0.2, -0.15) is 0 Å². The third-order valence-corrected chi connectivity index (χ3v) is 4.18. The van der Waals surface area contributed by atoms with E-state index in [4.69, 9.17) is 20.6 Å². The van der Waals surface area contributed by atoms with Crippen LogP contribution in [0.4, 0.5) is 11.4 Å². The molecule has 0 aromatic heterocycles. The van der Waals surface area contributed by atoms with Gasteiger partial charge < -0.3 is 19.1 Å². The SMILES string of the molecule is C#C/C=C\C=C(/C(=O)OC)N(c1ccccc1C(=O)OC)c1ccccc1C(=O)OC. The molecule has 2 aromatic rings. The second-order valence-corrected chi connectivity index (χ2v) is 5.92. The Bertz CT molecular complexity index is 1020. The highest BCUT2D eigenvalue weighted by atomic mass is 16.5. The van der Waals surface area contributed by atoms with Crippen LogP contribution in [0, 0.1) is 12.3 Å². The lowest BCUT2D eigenvalue weighted by atomic mass is 10.1. The van der Waals surface area contributed by atoms with Crippen molar-refractivity contribution in [3.8, 4) is 12.3 Å². The molecule has 0 aliphatic heterocycles. The van der Waals surface area contributed by atoms with Crippen molar-refractivity contribution in [1.82, 2.24) is 0 Å². The molecule has 0 unspecified atom stereocenters. The number of methoxy groups -OCH3 is 3. The van der Waals surface area contributed by atoms with Crippen molar-refractivity contribution in [3.63, 3.8) is 0 Å². The number of rotatable bonds is 7. The third kappa shape index (κ3) is 5.19. The maximum Gasteiger partial charge on any atom is 0.355 e. The van der Waals surface area contributed by atoms with Crippen LogP contribution in [-0.4, -0.2) is 39.2 Å². The van der Waals surface area contributed by atoms with Gasteiger partial charge in [0.25, 0.3) is 0 Å². The molecule has 2 rings (SSSR count). The van der Waals surface area contributed by atoms with Crippen molar-refractivity contribution in [3.05, 3.63) is 83.6 Å². The first kappa shape index (κ1) is 23.0. The molecule has 0 heterocycles. The van der Waals surface area contributed by atoms with E-state index >= 15 is 0 Å². The van der Waals surface area contributed by atoms with Crippen LogP contribution in [-0.2, 0) is 19.0 Å². The van der Waals surface area contributed by atoms with E-state index in [1.807, 2.05) is 0 Å². The van der Waals surface area contributed by atoms with Crippen molar-refractivity contribution in [2.45, 2.75) is 0 Å². The lowest BCUT2D eigenvalue weighted by Gasteiger charge is -2.29. The number of anilines is 2. The van der Waals surface area contributed by atoms with Gasteiger partial charge in [0.2, 0.25) is 0 Å². The summed E-state index contributed by atoms with van der Waals surface area (Å²) in [5.41, 5.74) is 0.912. The minimum absolute atomic E-state index is 0.00158. The summed E-state index contributed by atoms with van der Waals surface area (Å²) in [6.07, 6.45) is 9.55. The highest BCUT2D eigenvalue weighted by molar-refractivity contribution is 6.05. The van der Waals surface area contributed by atoms with Crippen LogP contribution in [0.5, 0.6) is 0 Å². The average Bonchev–Trinajstić information content (AvgIpc) is 2.82. The van der Waals surface area contributed by atoms with Crippen molar-refractivity contribution >= 4 is 29.3 Å². The molecule has 0 atom stereocenters. The fourth-order valence-corrected chi connectivity index (χ4v) is 2.82. The summed E-state index contributed by atoms with van der Waals surface area (Å²) < 4.78 is 14.7. The monoisotopic (exact) mass is 419 g/mol. The van der Waals surface area contributed by atoms with E-state index in [0.29, 0.717) is 0 Å². The van der Waals surface area contributed by atoms with Gasteiger partial charge in [0.15, 0.2) is 0 Å². The van der Waals surface area contributed by atoms with Gasteiger partial charge in [-0.05, 0) is 36.4 Å². The molecule has 0 spiro atoms. The number of nitrogens with zero attached hydrogens (tertiary/aromatic N) is 1. The Balaban J connectivity index is 2.92. The Hall–Kier alpha value is -4.31. The fraction of sp³-hybridized carbons (Fsp3) is 0.125. The third-order valence-electron chi connectivity index (χ3n) is 4.18. The smallest absolute Gasteiger partial charge is 0.355 e. The number of esters is 3. The summed E-state index contributed by atoms with van der Waals surface area (Å²) in [4.78, 5) is 39.1. The molecule has 7 heteroatoms. The number of benzene rings is 2. The fourth-order valence-electron chi connectivity index (χ4n) is 2.82. The van der Waals surface area contributed by atoms with Gasteiger partial charge in [-0.15, -0.1) is 6.42 Å². The Labute approximate surface area is 180 Å². The predicted molar refractivity (Wildman–Crippen MR) is 116 cm³/mol. The second-order valence-electron chi connectivity index (χ2n) is 5.92. The standard InChI is InChI=1S/C24H21NO6/c1-5-6-7-16-21(24(28)31-4)25(19-14-10-8-12-17(19)22(26)29-2)20-15-11-9-13-18(20)23(27)30-3/h1,6-16H,2-4H3/b7-6-,21-16+. The molecule has 0 amide bonds. The Morgan fingerprint density at radius 1 is 0.839 bits per heavy atom. The summed E-state index contributed by atoms with van der Waals surface area (Å²) in [5.74, 6) is 0.360. The first-order valence-corrected chi connectivity index (χ1v) is 9.06. The van der Waals surface area contributed by atoms with Crippen molar-refractivity contribution in [2.75, 3.05) is 26.2 Å². The van der Waals surface area contributed by atoms with Crippen molar-refractivity contribution in [2.24, 2.45) is 0 Å². The highest BCUT2D eigenvalue weighted by Crippen LogP contribution is 2.36. The van der Waals surface area contributed by atoms with Gasteiger partial charge >= 0.3 is 17.9 Å². The van der Waals surface area contributed by atoms with Crippen molar-refractivity contribution in [1.29, 1.82) is 0 Å². The summed E-state index contributed by atoms with van der Waals surface area (Å²) in [5, 5.41) is 0. The topological polar surface area (TPSA) is 82.1 Å². The number of allylic oxidation sites excluding steroid dienone is 3. The van der Waals surface area contributed by atoms with Gasteiger partial charge in [-0.25, -0.2) is 14.4 Å². The van der Waals surface area contributed by atoms with Crippen LogP contribution < -0.4 is 4.90 Å². The molecule has 0 N–H and O–H groups in total. The summed E-state index contributed by atoms with van der Waals surface area (Å²) in [6.45, 7) is 0. The molecule has 0 radical (unpaired) electrons. The molecule has 158 valence electrons. The van der Waals surface area contributed by atoms with Gasteiger partial charge in [0, 0.05) is 0 Å². The van der Waals surface area contributed by atoms with Gasteiger partial charge in [0.05, 0.1) is 43.8 Å². The number of hydrogen-bond acceptors (Lipinski definition) is 7. The molecule has 0 fully saturated rings. The largest absolute Gasteiger partial charge is 0.465 e. The first-order valence-electron chi connectivity index (χ1n) is 9.06. The van der Waals surface area contributed by atoms with Crippen LogP contribution in [0.3, 0.4) is 0 Å². The second kappa shape index (κ2) is 11.0.